The van der Waals surface area contributed by atoms with Crippen LogP contribution in [0.4, 0.5) is 0 Å². The molecule has 6 nitrogen and oxygen atoms in total. The van der Waals surface area contributed by atoms with E-state index in [1.807, 2.05) is 43.3 Å². The van der Waals surface area contributed by atoms with Crippen molar-refractivity contribution in [3.8, 4) is 11.5 Å². The largest absolute Gasteiger partial charge is 0.454 e. The minimum atomic E-state index is -0.520. The van der Waals surface area contributed by atoms with Crippen molar-refractivity contribution in [3.05, 3.63) is 58.4 Å². The van der Waals surface area contributed by atoms with E-state index in [1.165, 1.54) is 11.5 Å². The highest BCUT2D eigenvalue weighted by atomic mass is 32.1. The lowest BCUT2D eigenvalue weighted by Gasteiger charge is -2.15. The summed E-state index contributed by atoms with van der Waals surface area (Å²) in [7, 11) is 0. The van der Waals surface area contributed by atoms with E-state index in [0.717, 1.165) is 10.3 Å². The van der Waals surface area contributed by atoms with Gasteiger partial charge >= 0.3 is 0 Å². The van der Waals surface area contributed by atoms with Crippen LogP contribution in [0.15, 0.2) is 47.3 Å². The first-order chi connectivity index (χ1) is 12.7. The summed E-state index contributed by atoms with van der Waals surface area (Å²) in [6.45, 7) is 2.49. The third-order valence-electron chi connectivity index (χ3n) is 4.39. The molecular formula is C19H18N2O4S. The second-order valence-electron chi connectivity index (χ2n) is 6.05. The topological polar surface area (TPSA) is 69.6 Å². The quantitative estimate of drug-likeness (QED) is 0.749. The summed E-state index contributed by atoms with van der Waals surface area (Å²) in [5, 5.41) is 3.58. The summed E-state index contributed by atoms with van der Waals surface area (Å²) in [5.74, 6) is 1.23. The van der Waals surface area contributed by atoms with Gasteiger partial charge in [-0.25, -0.2) is 0 Å². The Hall–Kier alpha value is -2.80. The third-order valence-corrected chi connectivity index (χ3v) is 5.56. The van der Waals surface area contributed by atoms with Crippen LogP contribution in [0.2, 0.25) is 0 Å². The summed E-state index contributed by atoms with van der Waals surface area (Å²) < 4.78 is 13.1. The standard InChI is InChI=1S/C19H18N2O4S/c1-2-14(21-19(23)13-5-3-4-6-17(13)26-21)18(22)20-10-12-7-8-15-16(9-12)25-11-24-15/h3-9,14H,2,10-11H2,1H3,(H,20,22). The molecule has 1 atom stereocenters. The first-order valence-corrected chi connectivity index (χ1v) is 9.21. The van der Waals surface area contributed by atoms with Crippen LogP contribution in [-0.4, -0.2) is 16.7 Å². The summed E-state index contributed by atoms with van der Waals surface area (Å²) in [6.07, 6.45) is 0.541. The van der Waals surface area contributed by atoms with Crippen LogP contribution in [0.3, 0.4) is 0 Å². The highest BCUT2D eigenvalue weighted by Crippen LogP contribution is 2.32. The van der Waals surface area contributed by atoms with Gasteiger partial charge in [-0.05, 0) is 36.2 Å². The zero-order chi connectivity index (χ0) is 18.1. The lowest BCUT2D eigenvalue weighted by molar-refractivity contribution is -0.124. The Bertz CT molecular complexity index is 1020. The second kappa shape index (κ2) is 6.84. The average molecular weight is 370 g/mol. The van der Waals surface area contributed by atoms with Crippen molar-refractivity contribution in [1.82, 2.24) is 9.27 Å². The highest BCUT2D eigenvalue weighted by Gasteiger charge is 2.22. The van der Waals surface area contributed by atoms with Gasteiger partial charge in [0.1, 0.15) is 6.04 Å². The Morgan fingerprint density at radius 2 is 2.04 bits per heavy atom. The lowest BCUT2D eigenvalue weighted by Crippen LogP contribution is -2.34. The molecule has 0 saturated heterocycles. The van der Waals surface area contributed by atoms with Crippen molar-refractivity contribution < 1.29 is 14.3 Å². The zero-order valence-electron chi connectivity index (χ0n) is 14.2. The second-order valence-corrected chi connectivity index (χ2v) is 7.06. The summed E-state index contributed by atoms with van der Waals surface area (Å²) in [4.78, 5) is 25.3. The van der Waals surface area contributed by atoms with E-state index < -0.39 is 6.04 Å². The maximum atomic E-state index is 12.7. The fourth-order valence-electron chi connectivity index (χ4n) is 3.01. The molecule has 1 aromatic heterocycles. The molecule has 0 bridgehead atoms. The number of rotatable bonds is 5. The molecule has 0 aliphatic carbocycles. The Balaban J connectivity index is 1.52. The van der Waals surface area contributed by atoms with E-state index in [-0.39, 0.29) is 18.3 Å². The van der Waals surface area contributed by atoms with Crippen LogP contribution in [0.5, 0.6) is 11.5 Å². The molecule has 1 unspecified atom stereocenters. The lowest BCUT2D eigenvalue weighted by atomic mass is 10.1. The number of carbonyl (C=O) groups excluding carboxylic acids is 1. The monoisotopic (exact) mass is 370 g/mol. The highest BCUT2D eigenvalue weighted by molar-refractivity contribution is 7.14. The minimum absolute atomic E-state index is 0.115. The molecule has 1 aliphatic heterocycles. The van der Waals surface area contributed by atoms with Crippen LogP contribution in [-0.2, 0) is 11.3 Å². The van der Waals surface area contributed by atoms with Gasteiger partial charge in [-0.15, -0.1) is 0 Å². The normalized spacial score (nSPS) is 13.7. The number of hydrogen-bond acceptors (Lipinski definition) is 5. The summed E-state index contributed by atoms with van der Waals surface area (Å²) >= 11 is 1.33. The van der Waals surface area contributed by atoms with Gasteiger partial charge in [0, 0.05) is 6.54 Å². The first-order valence-electron chi connectivity index (χ1n) is 8.44. The van der Waals surface area contributed by atoms with Gasteiger partial charge in [0.25, 0.3) is 5.56 Å². The molecule has 0 spiro atoms. The van der Waals surface area contributed by atoms with Crippen LogP contribution in [0, 0.1) is 0 Å². The first kappa shape index (κ1) is 16.7. The van der Waals surface area contributed by atoms with Gasteiger partial charge < -0.3 is 14.8 Å². The molecule has 134 valence electrons. The van der Waals surface area contributed by atoms with E-state index >= 15 is 0 Å². The van der Waals surface area contributed by atoms with Gasteiger partial charge in [-0.1, -0.05) is 36.7 Å². The van der Waals surface area contributed by atoms with Crippen molar-refractivity contribution in [2.24, 2.45) is 0 Å². The van der Waals surface area contributed by atoms with Gasteiger partial charge in [0.15, 0.2) is 11.5 Å². The molecule has 2 heterocycles. The molecule has 7 heteroatoms. The molecule has 1 aliphatic rings. The molecule has 0 fully saturated rings. The van der Waals surface area contributed by atoms with Crippen molar-refractivity contribution in [2.75, 3.05) is 6.79 Å². The molecule has 1 N–H and O–H groups in total. The maximum Gasteiger partial charge on any atom is 0.269 e. The van der Waals surface area contributed by atoms with Crippen LogP contribution in [0.1, 0.15) is 24.9 Å². The van der Waals surface area contributed by atoms with Gasteiger partial charge in [0.2, 0.25) is 12.7 Å². The van der Waals surface area contributed by atoms with Crippen LogP contribution < -0.4 is 20.3 Å². The van der Waals surface area contributed by atoms with Crippen LogP contribution in [0.25, 0.3) is 10.1 Å². The summed E-state index contributed by atoms with van der Waals surface area (Å²) in [6, 6.07) is 12.5. The average Bonchev–Trinajstić information content (AvgIpc) is 3.25. The number of amides is 1. The molecule has 0 radical (unpaired) electrons. The van der Waals surface area contributed by atoms with E-state index in [0.29, 0.717) is 29.9 Å². The van der Waals surface area contributed by atoms with E-state index in [4.69, 9.17) is 9.47 Å². The minimum Gasteiger partial charge on any atom is -0.454 e. The number of carbonyl (C=O) groups is 1. The predicted molar refractivity (Wildman–Crippen MR) is 99.8 cm³/mol. The van der Waals surface area contributed by atoms with Crippen molar-refractivity contribution in [3.63, 3.8) is 0 Å². The van der Waals surface area contributed by atoms with Gasteiger partial charge in [-0.3, -0.25) is 13.5 Å². The SMILES string of the molecule is CCC(C(=O)NCc1ccc2c(c1)OCO2)n1sc2ccccc2c1=O. The Morgan fingerprint density at radius 1 is 1.23 bits per heavy atom. The molecule has 4 rings (SSSR count). The number of nitrogens with zero attached hydrogens (tertiary/aromatic N) is 1. The smallest absolute Gasteiger partial charge is 0.269 e. The molecule has 3 aromatic rings. The number of hydrogen-bond donors (Lipinski definition) is 1. The molecule has 0 saturated carbocycles. The molecule has 26 heavy (non-hydrogen) atoms. The predicted octanol–water partition coefficient (Wildman–Crippen LogP) is 3.06. The number of benzene rings is 2. The van der Waals surface area contributed by atoms with E-state index in [1.54, 1.807) is 10.0 Å². The number of fused-ring (bicyclic) bond motifs is 2. The third kappa shape index (κ3) is 2.94. The fourth-order valence-corrected chi connectivity index (χ4v) is 4.17. The van der Waals surface area contributed by atoms with Crippen LogP contribution >= 0.6 is 11.5 Å². The fraction of sp³-hybridized carbons (Fsp3) is 0.263. The Kier molecular flexibility index (Phi) is 4.38. The van der Waals surface area contributed by atoms with Crippen molar-refractivity contribution in [1.29, 1.82) is 0 Å². The molecular weight excluding hydrogens is 352 g/mol. The number of nitrogens with one attached hydrogen (secondary N) is 1. The van der Waals surface area contributed by atoms with Gasteiger partial charge in [-0.2, -0.15) is 0 Å². The van der Waals surface area contributed by atoms with Gasteiger partial charge in [0.05, 0.1) is 10.1 Å². The van der Waals surface area contributed by atoms with Crippen molar-refractivity contribution >= 4 is 27.5 Å². The molecule has 2 aromatic carbocycles. The number of ether oxygens (including phenoxy) is 2. The van der Waals surface area contributed by atoms with E-state index in [9.17, 15) is 9.59 Å². The van der Waals surface area contributed by atoms with E-state index in [2.05, 4.69) is 5.32 Å². The number of aromatic nitrogens is 1. The Morgan fingerprint density at radius 3 is 2.85 bits per heavy atom. The summed E-state index contributed by atoms with van der Waals surface area (Å²) in [5.41, 5.74) is 0.803. The maximum absolute atomic E-state index is 12.7. The Labute approximate surface area is 154 Å². The van der Waals surface area contributed by atoms with Crippen molar-refractivity contribution in [2.45, 2.75) is 25.9 Å². The molecule has 1 amide bonds. The zero-order valence-corrected chi connectivity index (χ0v) is 15.0.